The third-order valence-corrected chi connectivity index (χ3v) is 4.31. The van der Waals surface area contributed by atoms with Crippen LogP contribution >= 0.6 is 0 Å². The maximum atomic E-state index is 6.36. The second-order valence-corrected chi connectivity index (χ2v) is 6.33. The third kappa shape index (κ3) is 2.51. The monoisotopic (exact) mass is 265 g/mol. The first-order chi connectivity index (χ1) is 9.65. The number of hydrogen-bond acceptors (Lipinski definition) is 1. The molecule has 1 unspecified atom stereocenters. The Labute approximate surface area is 121 Å². The van der Waals surface area contributed by atoms with E-state index in [-0.39, 0.29) is 6.04 Å². The molecule has 2 aromatic carbocycles. The van der Waals surface area contributed by atoms with Crippen LogP contribution in [0.4, 0.5) is 0 Å². The standard InChI is InChI=1S/C19H23N/c1-13(2)7-10-19(20)16-9-8-15-11-14-5-3-4-6-17(14)18(15)12-16/h3-6,8-9,12-13,19H,7,10-11,20H2,1-2H3. The van der Waals surface area contributed by atoms with Crippen LogP contribution in [-0.4, -0.2) is 0 Å². The van der Waals surface area contributed by atoms with E-state index in [9.17, 15) is 0 Å². The van der Waals surface area contributed by atoms with E-state index in [0.29, 0.717) is 0 Å². The van der Waals surface area contributed by atoms with Gasteiger partial charge in [0.1, 0.15) is 0 Å². The summed E-state index contributed by atoms with van der Waals surface area (Å²) in [6, 6.07) is 15.7. The lowest BCUT2D eigenvalue weighted by Gasteiger charge is -2.15. The Morgan fingerprint density at radius 3 is 2.50 bits per heavy atom. The van der Waals surface area contributed by atoms with Crippen molar-refractivity contribution in [2.75, 3.05) is 0 Å². The largest absolute Gasteiger partial charge is 0.324 e. The summed E-state index contributed by atoms with van der Waals surface area (Å²) >= 11 is 0. The molecule has 104 valence electrons. The fourth-order valence-corrected chi connectivity index (χ4v) is 3.05. The smallest absolute Gasteiger partial charge is 0.0295 e. The predicted octanol–water partition coefficient (Wildman–Crippen LogP) is 4.69. The van der Waals surface area contributed by atoms with Gasteiger partial charge in [0.05, 0.1) is 0 Å². The molecule has 1 aliphatic rings. The quantitative estimate of drug-likeness (QED) is 0.727. The fourth-order valence-electron chi connectivity index (χ4n) is 3.05. The molecule has 0 spiro atoms. The molecule has 1 atom stereocenters. The first kappa shape index (κ1) is 13.4. The Morgan fingerprint density at radius 2 is 1.70 bits per heavy atom. The van der Waals surface area contributed by atoms with E-state index in [1.807, 2.05) is 0 Å². The molecule has 3 rings (SSSR count). The molecule has 2 aromatic rings. The Kier molecular flexibility index (Phi) is 3.62. The van der Waals surface area contributed by atoms with Gasteiger partial charge >= 0.3 is 0 Å². The first-order valence-electron chi connectivity index (χ1n) is 7.62. The lowest BCUT2D eigenvalue weighted by Crippen LogP contribution is -2.11. The summed E-state index contributed by atoms with van der Waals surface area (Å²) in [7, 11) is 0. The summed E-state index contributed by atoms with van der Waals surface area (Å²) in [4.78, 5) is 0. The molecule has 0 saturated heterocycles. The summed E-state index contributed by atoms with van der Waals surface area (Å²) < 4.78 is 0. The first-order valence-corrected chi connectivity index (χ1v) is 7.62. The molecule has 0 bridgehead atoms. The van der Waals surface area contributed by atoms with Crippen molar-refractivity contribution < 1.29 is 0 Å². The van der Waals surface area contributed by atoms with Gasteiger partial charge in [-0.15, -0.1) is 0 Å². The van der Waals surface area contributed by atoms with Gasteiger partial charge in [0, 0.05) is 6.04 Å². The highest BCUT2D eigenvalue weighted by molar-refractivity contribution is 5.77. The van der Waals surface area contributed by atoms with Crippen LogP contribution in [0.15, 0.2) is 42.5 Å². The van der Waals surface area contributed by atoms with Crippen molar-refractivity contribution in [2.24, 2.45) is 11.7 Å². The number of hydrogen-bond donors (Lipinski definition) is 1. The average molecular weight is 265 g/mol. The van der Waals surface area contributed by atoms with Gasteiger partial charge in [0.2, 0.25) is 0 Å². The van der Waals surface area contributed by atoms with E-state index >= 15 is 0 Å². The van der Waals surface area contributed by atoms with E-state index < -0.39 is 0 Å². The SMILES string of the molecule is CC(C)CCC(N)c1ccc2c(c1)-c1ccccc1C2. The van der Waals surface area contributed by atoms with Crippen molar-refractivity contribution in [2.45, 2.75) is 39.2 Å². The van der Waals surface area contributed by atoms with Gasteiger partial charge in [-0.1, -0.05) is 50.2 Å². The van der Waals surface area contributed by atoms with Crippen LogP contribution in [0.2, 0.25) is 0 Å². The molecule has 0 heterocycles. The molecule has 1 heteroatoms. The molecule has 20 heavy (non-hydrogen) atoms. The van der Waals surface area contributed by atoms with Gasteiger partial charge in [-0.05, 0) is 59.1 Å². The van der Waals surface area contributed by atoms with Gasteiger partial charge in [-0.3, -0.25) is 0 Å². The van der Waals surface area contributed by atoms with Gasteiger partial charge in [-0.2, -0.15) is 0 Å². The second-order valence-electron chi connectivity index (χ2n) is 6.33. The van der Waals surface area contributed by atoms with Crippen molar-refractivity contribution in [3.63, 3.8) is 0 Å². The molecule has 1 aliphatic carbocycles. The molecule has 0 aliphatic heterocycles. The zero-order valence-electron chi connectivity index (χ0n) is 12.4. The highest BCUT2D eigenvalue weighted by atomic mass is 14.6. The van der Waals surface area contributed by atoms with E-state index in [1.54, 1.807) is 0 Å². The van der Waals surface area contributed by atoms with Crippen LogP contribution in [0.5, 0.6) is 0 Å². The lowest BCUT2D eigenvalue weighted by atomic mass is 9.95. The van der Waals surface area contributed by atoms with E-state index in [4.69, 9.17) is 5.73 Å². The van der Waals surface area contributed by atoms with Crippen molar-refractivity contribution in [3.05, 3.63) is 59.2 Å². The molecule has 1 nitrogen and oxygen atoms in total. The third-order valence-electron chi connectivity index (χ3n) is 4.31. The maximum absolute atomic E-state index is 6.36. The maximum Gasteiger partial charge on any atom is 0.0295 e. The number of fused-ring (bicyclic) bond motifs is 3. The highest BCUT2D eigenvalue weighted by Gasteiger charge is 2.19. The Balaban J connectivity index is 1.88. The van der Waals surface area contributed by atoms with Crippen molar-refractivity contribution in [3.8, 4) is 11.1 Å². The Hall–Kier alpha value is -1.60. The van der Waals surface area contributed by atoms with Crippen LogP contribution in [0.25, 0.3) is 11.1 Å². The average Bonchev–Trinajstić information content (AvgIpc) is 2.82. The topological polar surface area (TPSA) is 26.0 Å². The Bertz CT molecular complexity index is 613. The van der Waals surface area contributed by atoms with Gasteiger partial charge in [0.15, 0.2) is 0 Å². The summed E-state index contributed by atoms with van der Waals surface area (Å²) in [5.41, 5.74) is 13.3. The normalized spacial score (nSPS) is 14.2. The predicted molar refractivity (Wildman–Crippen MR) is 85.7 cm³/mol. The van der Waals surface area contributed by atoms with Crippen molar-refractivity contribution in [1.29, 1.82) is 0 Å². The van der Waals surface area contributed by atoms with E-state index in [2.05, 4.69) is 56.3 Å². The molecule has 2 N–H and O–H groups in total. The molecule has 0 saturated carbocycles. The number of nitrogens with two attached hydrogens (primary N) is 1. The number of rotatable bonds is 4. The van der Waals surface area contributed by atoms with E-state index in [1.165, 1.54) is 34.2 Å². The number of benzene rings is 2. The summed E-state index contributed by atoms with van der Waals surface area (Å²) in [5.74, 6) is 0.719. The lowest BCUT2D eigenvalue weighted by molar-refractivity contribution is 0.507. The summed E-state index contributed by atoms with van der Waals surface area (Å²) in [6.07, 6.45) is 3.32. The highest BCUT2D eigenvalue weighted by Crippen LogP contribution is 2.37. The van der Waals surface area contributed by atoms with Crippen molar-refractivity contribution >= 4 is 0 Å². The van der Waals surface area contributed by atoms with Crippen molar-refractivity contribution in [1.82, 2.24) is 0 Å². The summed E-state index contributed by atoms with van der Waals surface area (Å²) in [5, 5.41) is 0. The van der Waals surface area contributed by atoms with Gasteiger partial charge in [0.25, 0.3) is 0 Å². The fraction of sp³-hybridized carbons (Fsp3) is 0.368. The van der Waals surface area contributed by atoms with E-state index in [0.717, 1.165) is 18.8 Å². The van der Waals surface area contributed by atoms with Crippen LogP contribution < -0.4 is 5.73 Å². The van der Waals surface area contributed by atoms with Gasteiger partial charge in [-0.25, -0.2) is 0 Å². The molecule has 0 fully saturated rings. The molecule has 0 aromatic heterocycles. The minimum Gasteiger partial charge on any atom is -0.324 e. The van der Waals surface area contributed by atoms with Crippen LogP contribution in [0.3, 0.4) is 0 Å². The molecular formula is C19H23N. The van der Waals surface area contributed by atoms with Crippen LogP contribution in [0.1, 0.15) is 49.4 Å². The zero-order valence-corrected chi connectivity index (χ0v) is 12.4. The second kappa shape index (κ2) is 5.41. The summed E-state index contributed by atoms with van der Waals surface area (Å²) in [6.45, 7) is 4.51. The molecule has 0 radical (unpaired) electrons. The van der Waals surface area contributed by atoms with Crippen LogP contribution in [0, 0.1) is 5.92 Å². The Morgan fingerprint density at radius 1 is 0.950 bits per heavy atom. The molecule has 0 amide bonds. The zero-order chi connectivity index (χ0) is 14.1. The minimum absolute atomic E-state index is 0.162. The minimum atomic E-state index is 0.162. The van der Waals surface area contributed by atoms with Crippen LogP contribution in [-0.2, 0) is 6.42 Å². The van der Waals surface area contributed by atoms with Gasteiger partial charge < -0.3 is 5.73 Å². The molecular weight excluding hydrogens is 242 g/mol.